The molecule has 1 N–H and O–H groups in total. The average Bonchev–Trinajstić information content (AvgIpc) is 2.42. The first kappa shape index (κ1) is 16.4. The molecule has 108 valence electrons. The van der Waals surface area contributed by atoms with Crippen LogP contribution in [-0.4, -0.2) is 48.7 Å². The zero-order valence-electron chi connectivity index (χ0n) is 11.1. The van der Waals surface area contributed by atoms with Crippen LogP contribution in [-0.2, 0) is 14.3 Å². The third-order valence-electron chi connectivity index (χ3n) is 2.49. The van der Waals surface area contributed by atoms with E-state index in [0.29, 0.717) is 6.61 Å². The van der Waals surface area contributed by atoms with Crippen LogP contribution in [0.15, 0.2) is 34.8 Å². The number of rotatable bonds is 7. The Morgan fingerprint density at radius 1 is 1.35 bits per heavy atom. The Morgan fingerprint density at radius 2 is 2.00 bits per heavy atom. The summed E-state index contributed by atoms with van der Waals surface area (Å²) in [7, 11) is 1.50. The van der Waals surface area contributed by atoms with E-state index in [1.54, 1.807) is 6.08 Å². The van der Waals surface area contributed by atoms with Gasteiger partial charge in [-0.15, -0.1) is 0 Å². The number of carboxylic acids is 1. The fourth-order valence-electron chi connectivity index (χ4n) is 1.48. The van der Waals surface area contributed by atoms with Gasteiger partial charge in [0.15, 0.2) is 0 Å². The summed E-state index contributed by atoms with van der Waals surface area (Å²) in [6.07, 6.45) is 3.01. The van der Waals surface area contributed by atoms with Gasteiger partial charge >= 0.3 is 5.97 Å². The Labute approximate surface area is 126 Å². The van der Waals surface area contributed by atoms with Crippen molar-refractivity contribution in [1.82, 2.24) is 4.90 Å². The van der Waals surface area contributed by atoms with Gasteiger partial charge in [-0.2, -0.15) is 0 Å². The van der Waals surface area contributed by atoms with Gasteiger partial charge in [-0.05, 0) is 23.8 Å². The van der Waals surface area contributed by atoms with Crippen molar-refractivity contribution < 1.29 is 19.4 Å². The minimum absolute atomic E-state index is 0.242. The lowest BCUT2D eigenvalue weighted by Crippen LogP contribution is -2.36. The lowest BCUT2D eigenvalue weighted by atomic mass is 10.2. The summed E-state index contributed by atoms with van der Waals surface area (Å²) in [4.78, 5) is 23.9. The van der Waals surface area contributed by atoms with Crippen molar-refractivity contribution in [2.45, 2.75) is 0 Å². The van der Waals surface area contributed by atoms with Gasteiger partial charge in [0.1, 0.15) is 6.54 Å². The summed E-state index contributed by atoms with van der Waals surface area (Å²) in [6, 6.07) is 7.43. The van der Waals surface area contributed by atoms with Crippen molar-refractivity contribution in [3.8, 4) is 0 Å². The van der Waals surface area contributed by atoms with E-state index < -0.39 is 5.97 Å². The minimum atomic E-state index is -1.05. The first-order valence-electron chi connectivity index (χ1n) is 5.96. The summed E-state index contributed by atoms with van der Waals surface area (Å²) in [5.41, 5.74) is 0.864. The number of nitrogens with zero attached hydrogens (tertiary/aromatic N) is 1. The van der Waals surface area contributed by atoms with E-state index in [4.69, 9.17) is 9.84 Å². The average molecular weight is 342 g/mol. The lowest BCUT2D eigenvalue weighted by Gasteiger charge is -2.18. The fourth-order valence-corrected chi connectivity index (χ4v) is 1.74. The minimum Gasteiger partial charge on any atom is -0.480 e. The van der Waals surface area contributed by atoms with Gasteiger partial charge in [-0.25, -0.2) is 0 Å². The molecule has 0 aliphatic heterocycles. The molecule has 0 radical (unpaired) electrons. The predicted molar refractivity (Wildman–Crippen MR) is 79.3 cm³/mol. The topological polar surface area (TPSA) is 66.8 Å². The van der Waals surface area contributed by atoms with Gasteiger partial charge in [0.2, 0.25) is 5.91 Å². The highest BCUT2D eigenvalue weighted by atomic mass is 79.9. The van der Waals surface area contributed by atoms with Crippen LogP contribution in [0.25, 0.3) is 6.08 Å². The van der Waals surface area contributed by atoms with Crippen molar-refractivity contribution >= 4 is 33.9 Å². The second-order valence-electron chi connectivity index (χ2n) is 4.03. The number of halogens is 1. The summed E-state index contributed by atoms with van der Waals surface area (Å²) in [5.74, 6) is -1.40. The molecule has 0 aliphatic carbocycles. The van der Waals surface area contributed by atoms with Gasteiger partial charge in [-0.1, -0.05) is 28.1 Å². The maximum atomic E-state index is 11.9. The van der Waals surface area contributed by atoms with Crippen LogP contribution in [0.1, 0.15) is 5.56 Å². The molecule has 1 amide bonds. The Kier molecular flexibility index (Phi) is 6.97. The van der Waals surface area contributed by atoms with Crippen molar-refractivity contribution in [2.24, 2.45) is 0 Å². The standard InChI is InChI=1S/C14H16BrNO4/c1-20-9-8-16(10-14(18)19)13(17)7-4-11-2-5-12(15)6-3-11/h2-7H,8-10H2,1H3,(H,18,19). The molecule has 1 aromatic rings. The third-order valence-corrected chi connectivity index (χ3v) is 3.02. The van der Waals surface area contributed by atoms with E-state index in [9.17, 15) is 9.59 Å². The molecular weight excluding hydrogens is 326 g/mol. The van der Waals surface area contributed by atoms with Gasteiger partial charge in [-0.3, -0.25) is 9.59 Å². The molecule has 0 saturated carbocycles. The van der Waals surface area contributed by atoms with Crippen LogP contribution in [0.5, 0.6) is 0 Å². The quantitative estimate of drug-likeness (QED) is 0.770. The molecule has 0 aliphatic rings. The number of carboxylic acid groups (broad SMARTS) is 1. The largest absolute Gasteiger partial charge is 0.480 e. The molecule has 0 heterocycles. The summed E-state index contributed by atoms with van der Waals surface area (Å²) >= 11 is 3.33. The molecule has 1 aromatic carbocycles. The smallest absolute Gasteiger partial charge is 0.323 e. The molecule has 0 bridgehead atoms. The van der Waals surface area contributed by atoms with E-state index in [2.05, 4.69) is 15.9 Å². The molecule has 0 fully saturated rings. The Balaban J connectivity index is 2.68. The van der Waals surface area contributed by atoms with Crippen LogP contribution in [0, 0.1) is 0 Å². The Hall–Kier alpha value is -1.66. The van der Waals surface area contributed by atoms with E-state index >= 15 is 0 Å². The number of carbonyl (C=O) groups is 2. The normalized spacial score (nSPS) is 10.7. The zero-order valence-corrected chi connectivity index (χ0v) is 12.7. The van der Waals surface area contributed by atoms with E-state index in [1.807, 2.05) is 24.3 Å². The number of methoxy groups -OCH3 is 1. The maximum Gasteiger partial charge on any atom is 0.323 e. The van der Waals surface area contributed by atoms with E-state index in [1.165, 1.54) is 18.1 Å². The van der Waals surface area contributed by atoms with Crippen molar-refractivity contribution in [1.29, 1.82) is 0 Å². The summed E-state index contributed by atoms with van der Waals surface area (Å²) in [5, 5.41) is 8.78. The summed E-state index contributed by atoms with van der Waals surface area (Å²) < 4.78 is 5.82. The number of ether oxygens (including phenoxy) is 1. The van der Waals surface area contributed by atoms with Crippen LogP contribution in [0.3, 0.4) is 0 Å². The molecule has 6 heteroatoms. The predicted octanol–water partition coefficient (Wildman–Crippen LogP) is 2.02. The Morgan fingerprint density at radius 3 is 2.55 bits per heavy atom. The molecule has 0 atom stereocenters. The number of hydrogen-bond donors (Lipinski definition) is 1. The first-order chi connectivity index (χ1) is 9.52. The maximum absolute atomic E-state index is 11.9. The number of amides is 1. The van der Waals surface area contributed by atoms with Crippen LogP contribution < -0.4 is 0 Å². The van der Waals surface area contributed by atoms with Gasteiger partial charge in [0, 0.05) is 24.2 Å². The molecular formula is C14H16BrNO4. The number of benzene rings is 1. The van der Waals surface area contributed by atoms with Crippen molar-refractivity contribution in [2.75, 3.05) is 26.8 Å². The third kappa shape index (κ3) is 5.99. The molecule has 1 rings (SSSR count). The fraction of sp³-hybridized carbons (Fsp3) is 0.286. The SMILES string of the molecule is COCCN(CC(=O)O)C(=O)C=Cc1ccc(Br)cc1. The molecule has 0 spiro atoms. The lowest BCUT2D eigenvalue weighted by molar-refractivity contribution is -0.143. The van der Waals surface area contributed by atoms with Gasteiger partial charge < -0.3 is 14.7 Å². The van der Waals surface area contributed by atoms with Gasteiger partial charge in [0.25, 0.3) is 0 Å². The highest BCUT2D eigenvalue weighted by molar-refractivity contribution is 9.10. The van der Waals surface area contributed by atoms with Crippen molar-refractivity contribution in [3.05, 3.63) is 40.4 Å². The number of aliphatic carboxylic acids is 1. The Bertz CT molecular complexity index is 484. The molecule has 20 heavy (non-hydrogen) atoms. The highest BCUT2D eigenvalue weighted by Crippen LogP contribution is 2.11. The molecule has 0 aromatic heterocycles. The highest BCUT2D eigenvalue weighted by Gasteiger charge is 2.13. The zero-order chi connectivity index (χ0) is 15.0. The number of carbonyl (C=O) groups excluding carboxylic acids is 1. The second kappa shape index (κ2) is 8.50. The molecule has 0 unspecified atom stereocenters. The van der Waals surface area contributed by atoms with Crippen LogP contribution in [0.4, 0.5) is 0 Å². The monoisotopic (exact) mass is 341 g/mol. The van der Waals surface area contributed by atoms with Crippen LogP contribution >= 0.6 is 15.9 Å². The first-order valence-corrected chi connectivity index (χ1v) is 6.75. The number of hydrogen-bond acceptors (Lipinski definition) is 3. The summed E-state index contributed by atoms with van der Waals surface area (Å²) in [6.45, 7) is 0.199. The van der Waals surface area contributed by atoms with E-state index in [-0.39, 0.29) is 19.0 Å². The van der Waals surface area contributed by atoms with Crippen molar-refractivity contribution in [3.63, 3.8) is 0 Å². The van der Waals surface area contributed by atoms with E-state index in [0.717, 1.165) is 10.0 Å². The van der Waals surface area contributed by atoms with Gasteiger partial charge in [0.05, 0.1) is 6.61 Å². The molecule has 0 saturated heterocycles. The second-order valence-corrected chi connectivity index (χ2v) is 4.95. The van der Waals surface area contributed by atoms with Crippen LogP contribution in [0.2, 0.25) is 0 Å². The molecule has 5 nitrogen and oxygen atoms in total.